The van der Waals surface area contributed by atoms with Crippen molar-refractivity contribution >= 4 is 23.2 Å². The largest absolute Gasteiger partial charge is 0.374 e. The topological polar surface area (TPSA) is 39.1 Å². The molecule has 0 amide bonds. The fourth-order valence-corrected chi connectivity index (χ4v) is 3.38. The Morgan fingerprint density at radius 1 is 1.04 bits per heavy atom. The molecule has 0 aliphatic rings. The van der Waals surface area contributed by atoms with E-state index in [4.69, 9.17) is 27.9 Å². The van der Waals surface area contributed by atoms with E-state index in [1.807, 2.05) is 45.0 Å². The van der Waals surface area contributed by atoms with Gasteiger partial charge < -0.3 is 10.1 Å². The van der Waals surface area contributed by atoms with Crippen molar-refractivity contribution in [3.05, 3.63) is 81.1 Å². The van der Waals surface area contributed by atoms with Gasteiger partial charge in [0.25, 0.3) is 0 Å². The summed E-state index contributed by atoms with van der Waals surface area (Å²) < 4.78 is 7.36. The number of aryl methyl sites for hydroxylation is 1. The second-order valence-corrected chi connectivity index (χ2v) is 7.82. The third kappa shape index (κ3) is 5.36. The number of ether oxygens (including phenoxy) is 1. The molecule has 3 rings (SSSR count). The molecule has 148 valence electrons. The lowest BCUT2D eigenvalue weighted by molar-refractivity contribution is 0.0657. The summed E-state index contributed by atoms with van der Waals surface area (Å²) in [6, 6.07) is 16.0. The number of hydrogen-bond donors (Lipinski definition) is 1. The van der Waals surface area contributed by atoms with Crippen LogP contribution in [0.5, 0.6) is 0 Å². The average molecular weight is 418 g/mol. The van der Waals surface area contributed by atoms with E-state index in [0.717, 1.165) is 23.5 Å². The van der Waals surface area contributed by atoms with Crippen molar-refractivity contribution < 1.29 is 4.74 Å². The number of halogens is 2. The van der Waals surface area contributed by atoms with Gasteiger partial charge in [0.15, 0.2) is 0 Å². The summed E-state index contributed by atoms with van der Waals surface area (Å²) in [6.07, 6.45) is 0.238. The first-order valence-electron chi connectivity index (χ1n) is 9.34. The summed E-state index contributed by atoms with van der Waals surface area (Å²) in [7, 11) is 0. The minimum Gasteiger partial charge on any atom is -0.374 e. The summed E-state index contributed by atoms with van der Waals surface area (Å²) in [5, 5.41) is 9.28. The number of nitrogens with zero attached hydrogens (tertiary/aromatic N) is 2. The standard InChI is InChI=1S/C22H25Cl2N3O/c1-15(2)28-14-18-9-7-17(8-10-18)12-25-13-21-16(3)26-27(22(21)24)20-6-4-5-19(23)11-20/h4-11,15,25H,12-14H2,1-3H3. The average Bonchev–Trinajstić information content (AvgIpc) is 2.95. The van der Waals surface area contributed by atoms with Crippen molar-refractivity contribution in [3.8, 4) is 5.69 Å². The monoisotopic (exact) mass is 417 g/mol. The van der Waals surface area contributed by atoms with Gasteiger partial charge in [-0.15, -0.1) is 0 Å². The Hall–Kier alpha value is -1.85. The Morgan fingerprint density at radius 2 is 1.75 bits per heavy atom. The lowest BCUT2D eigenvalue weighted by Gasteiger charge is -2.09. The second-order valence-electron chi connectivity index (χ2n) is 7.03. The molecule has 0 unspecified atom stereocenters. The van der Waals surface area contributed by atoms with E-state index in [1.165, 1.54) is 11.1 Å². The van der Waals surface area contributed by atoms with Gasteiger partial charge in [0.2, 0.25) is 0 Å². The van der Waals surface area contributed by atoms with E-state index >= 15 is 0 Å². The third-order valence-corrected chi connectivity index (χ3v) is 5.04. The molecule has 1 aromatic heterocycles. The van der Waals surface area contributed by atoms with Gasteiger partial charge in [0.1, 0.15) is 5.15 Å². The molecule has 0 bridgehead atoms. The minimum atomic E-state index is 0.238. The predicted molar refractivity (Wildman–Crippen MR) is 115 cm³/mol. The Morgan fingerprint density at radius 3 is 2.43 bits per heavy atom. The molecule has 0 aliphatic carbocycles. The fraction of sp³-hybridized carbons (Fsp3) is 0.318. The summed E-state index contributed by atoms with van der Waals surface area (Å²) in [5.41, 5.74) is 5.14. The number of benzene rings is 2. The Kier molecular flexibility index (Phi) is 7.13. The van der Waals surface area contributed by atoms with Crippen LogP contribution in [-0.4, -0.2) is 15.9 Å². The molecule has 4 nitrogen and oxygen atoms in total. The van der Waals surface area contributed by atoms with Gasteiger partial charge in [0, 0.05) is 23.7 Å². The van der Waals surface area contributed by atoms with Gasteiger partial charge in [-0.25, -0.2) is 4.68 Å². The van der Waals surface area contributed by atoms with Crippen LogP contribution in [0.25, 0.3) is 5.69 Å². The van der Waals surface area contributed by atoms with Gasteiger partial charge in [-0.2, -0.15) is 5.10 Å². The molecule has 0 aliphatic heterocycles. The van der Waals surface area contributed by atoms with Gasteiger partial charge in [-0.05, 0) is 50.1 Å². The summed E-state index contributed by atoms with van der Waals surface area (Å²) >= 11 is 12.7. The van der Waals surface area contributed by atoms with Gasteiger partial charge in [-0.3, -0.25) is 0 Å². The van der Waals surface area contributed by atoms with Crippen LogP contribution in [0.3, 0.4) is 0 Å². The molecular weight excluding hydrogens is 393 g/mol. The molecule has 0 saturated carbocycles. The highest BCUT2D eigenvalue weighted by Gasteiger charge is 2.14. The van der Waals surface area contributed by atoms with Crippen LogP contribution in [0.1, 0.15) is 36.2 Å². The van der Waals surface area contributed by atoms with Crippen molar-refractivity contribution in [2.45, 2.75) is 46.6 Å². The van der Waals surface area contributed by atoms with Crippen LogP contribution in [-0.2, 0) is 24.4 Å². The van der Waals surface area contributed by atoms with Gasteiger partial charge in [-0.1, -0.05) is 53.5 Å². The molecular formula is C22H25Cl2N3O. The third-order valence-electron chi connectivity index (χ3n) is 4.41. The maximum atomic E-state index is 6.58. The fourth-order valence-electron chi connectivity index (χ4n) is 2.86. The summed E-state index contributed by atoms with van der Waals surface area (Å²) in [4.78, 5) is 0. The molecule has 28 heavy (non-hydrogen) atoms. The molecule has 2 aromatic carbocycles. The van der Waals surface area contributed by atoms with E-state index in [1.54, 1.807) is 4.68 Å². The van der Waals surface area contributed by atoms with E-state index < -0.39 is 0 Å². The van der Waals surface area contributed by atoms with Crippen molar-refractivity contribution in [2.75, 3.05) is 0 Å². The Balaban J connectivity index is 1.61. The Labute approximate surface area is 176 Å². The summed E-state index contributed by atoms with van der Waals surface area (Å²) in [5.74, 6) is 0. The van der Waals surface area contributed by atoms with Gasteiger partial charge >= 0.3 is 0 Å². The molecule has 1 N–H and O–H groups in total. The van der Waals surface area contributed by atoms with E-state index in [-0.39, 0.29) is 6.10 Å². The van der Waals surface area contributed by atoms with Crippen LogP contribution in [0.2, 0.25) is 10.2 Å². The lowest BCUT2D eigenvalue weighted by Crippen LogP contribution is -2.13. The predicted octanol–water partition coefficient (Wildman–Crippen LogP) is 5.70. The molecule has 0 radical (unpaired) electrons. The highest BCUT2D eigenvalue weighted by molar-refractivity contribution is 6.31. The van der Waals surface area contributed by atoms with Crippen molar-refractivity contribution in [1.29, 1.82) is 0 Å². The van der Waals surface area contributed by atoms with Crippen molar-refractivity contribution in [2.24, 2.45) is 0 Å². The first-order valence-corrected chi connectivity index (χ1v) is 10.1. The zero-order valence-electron chi connectivity index (χ0n) is 16.4. The lowest BCUT2D eigenvalue weighted by atomic mass is 10.1. The molecule has 0 atom stereocenters. The molecule has 6 heteroatoms. The van der Waals surface area contributed by atoms with E-state index in [2.05, 4.69) is 34.7 Å². The number of aromatic nitrogens is 2. The van der Waals surface area contributed by atoms with Crippen molar-refractivity contribution in [3.63, 3.8) is 0 Å². The van der Waals surface area contributed by atoms with Crippen LogP contribution >= 0.6 is 23.2 Å². The summed E-state index contributed by atoms with van der Waals surface area (Å²) in [6.45, 7) is 8.09. The molecule has 0 fully saturated rings. The highest BCUT2D eigenvalue weighted by Crippen LogP contribution is 2.25. The second kappa shape index (κ2) is 9.57. The minimum absolute atomic E-state index is 0.238. The molecule has 0 saturated heterocycles. The van der Waals surface area contributed by atoms with Crippen LogP contribution in [0, 0.1) is 6.92 Å². The van der Waals surface area contributed by atoms with Crippen LogP contribution in [0.15, 0.2) is 48.5 Å². The first-order chi connectivity index (χ1) is 13.4. The maximum Gasteiger partial charge on any atom is 0.137 e. The van der Waals surface area contributed by atoms with E-state index in [0.29, 0.717) is 23.3 Å². The maximum absolute atomic E-state index is 6.58. The van der Waals surface area contributed by atoms with Crippen molar-refractivity contribution in [1.82, 2.24) is 15.1 Å². The number of nitrogens with one attached hydrogen (secondary N) is 1. The molecule has 1 heterocycles. The first kappa shape index (κ1) is 20.9. The van der Waals surface area contributed by atoms with Crippen LogP contribution in [0.4, 0.5) is 0 Å². The molecule has 0 spiro atoms. The smallest absolute Gasteiger partial charge is 0.137 e. The SMILES string of the molecule is Cc1nn(-c2cccc(Cl)c2)c(Cl)c1CNCc1ccc(COC(C)C)cc1. The zero-order chi connectivity index (χ0) is 20.1. The normalized spacial score (nSPS) is 11.4. The highest BCUT2D eigenvalue weighted by atomic mass is 35.5. The number of hydrogen-bond acceptors (Lipinski definition) is 3. The molecule has 3 aromatic rings. The Bertz CT molecular complexity index is 920. The number of rotatable bonds is 8. The van der Waals surface area contributed by atoms with Gasteiger partial charge in [0.05, 0.1) is 24.1 Å². The van der Waals surface area contributed by atoms with E-state index in [9.17, 15) is 0 Å². The van der Waals surface area contributed by atoms with Crippen LogP contribution < -0.4 is 5.32 Å². The quantitative estimate of drug-likeness (QED) is 0.510. The zero-order valence-corrected chi connectivity index (χ0v) is 17.9.